The number of anilines is 1. The molecule has 1 aliphatic rings. The van der Waals surface area contributed by atoms with Gasteiger partial charge in [-0.1, -0.05) is 0 Å². The summed E-state index contributed by atoms with van der Waals surface area (Å²) in [7, 11) is 3.26. The van der Waals surface area contributed by atoms with Crippen LogP contribution in [0, 0.1) is 0 Å². The molecular formula is C11H17N3O3. The standard InChI is InChI=1S/C11H17N3O3/c1-15-9-7-17-6-4-8(9)13-11-12-5-3-10(14-11)16-2/h3,5,8-9H,4,6-7H2,1-2H3,(H,12,13,14)/t8-,9-/m0/s1. The van der Waals surface area contributed by atoms with Gasteiger partial charge in [0.15, 0.2) is 0 Å². The van der Waals surface area contributed by atoms with E-state index in [0.717, 1.165) is 13.0 Å². The van der Waals surface area contributed by atoms with Crippen molar-refractivity contribution in [2.24, 2.45) is 0 Å². The van der Waals surface area contributed by atoms with E-state index in [1.807, 2.05) is 0 Å². The summed E-state index contributed by atoms with van der Waals surface area (Å²) < 4.78 is 15.8. The first-order chi connectivity index (χ1) is 8.33. The molecule has 0 saturated carbocycles. The SMILES string of the molecule is COc1ccnc(N[C@H]2CCOC[C@@H]2OC)n1. The van der Waals surface area contributed by atoms with Crippen molar-refractivity contribution < 1.29 is 14.2 Å². The van der Waals surface area contributed by atoms with Gasteiger partial charge < -0.3 is 19.5 Å². The predicted molar refractivity (Wildman–Crippen MR) is 62.2 cm³/mol. The number of nitrogens with zero attached hydrogens (tertiary/aromatic N) is 2. The molecule has 0 unspecified atom stereocenters. The Labute approximate surface area is 100 Å². The molecule has 0 aromatic carbocycles. The van der Waals surface area contributed by atoms with Gasteiger partial charge in [-0.3, -0.25) is 0 Å². The average molecular weight is 239 g/mol. The highest BCUT2D eigenvalue weighted by Gasteiger charge is 2.26. The van der Waals surface area contributed by atoms with Crippen molar-refractivity contribution in [2.45, 2.75) is 18.6 Å². The molecule has 2 heterocycles. The second-order valence-electron chi connectivity index (χ2n) is 3.81. The molecule has 0 spiro atoms. The summed E-state index contributed by atoms with van der Waals surface area (Å²) in [6.45, 7) is 1.32. The number of hydrogen-bond donors (Lipinski definition) is 1. The second-order valence-corrected chi connectivity index (χ2v) is 3.81. The first-order valence-corrected chi connectivity index (χ1v) is 5.57. The molecule has 1 aliphatic heterocycles. The van der Waals surface area contributed by atoms with E-state index in [0.29, 0.717) is 18.4 Å². The van der Waals surface area contributed by atoms with Crippen molar-refractivity contribution in [1.82, 2.24) is 9.97 Å². The van der Waals surface area contributed by atoms with Crippen LogP contribution in [-0.4, -0.2) is 49.5 Å². The number of aromatic nitrogens is 2. The van der Waals surface area contributed by atoms with Crippen molar-refractivity contribution in [3.63, 3.8) is 0 Å². The summed E-state index contributed by atoms with van der Waals surface area (Å²) in [6.07, 6.45) is 2.56. The fourth-order valence-electron chi connectivity index (χ4n) is 1.80. The lowest BCUT2D eigenvalue weighted by atomic mass is 10.1. The van der Waals surface area contributed by atoms with Crippen molar-refractivity contribution in [3.05, 3.63) is 12.3 Å². The molecule has 2 rings (SSSR count). The van der Waals surface area contributed by atoms with Gasteiger partial charge in [0, 0.05) is 26.0 Å². The van der Waals surface area contributed by atoms with Gasteiger partial charge in [-0.25, -0.2) is 4.98 Å². The highest BCUT2D eigenvalue weighted by atomic mass is 16.5. The van der Waals surface area contributed by atoms with Crippen LogP contribution in [0.3, 0.4) is 0 Å². The molecule has 0 bridgehead atoms. The molecule has 1 aromatic rings. The number of hydrogen-bond acceptors (Lipinski definition) is 6. The quantitative estimate of drug-likeness (QED) is 0.834. The lowest BCUT2D eigenvalue weighted by Gasteiger charge is -2.30. The van der Waals surface area contributed by atoms with Gasteiger partial charge in [0.25, 0.3) is 0 Å². The minimum absolute atomic E-state index is 0.0264. The molecule has 1 aromatic heterocycles. The number of methoxy groups -OCH3 is 2. The second kappa shape index (κ2) is 5.79. The van der Waals surface area contributed by atoms with Gasteiger partial charge in [-0.05, 0) is 6.42 Å². The average Bonchev–Trinajstić information content (AvgIpc) is 2.39. The van der Waals surface area contributed by atoms with Gasteiger partial charge in [0.1, 0.15) is 6.10 Å². The Kier molecular flexibility index (Phi) is 4.11. The highest BCUT2D eigenvalue weighted by molar-refractivity contribution is 5.29. The molecular weight excluding hydrogens is 222 g/mol. The van der Waals surface area contributed by atoms with Crippen LogP contribution in [0.1, 0.15) is 6.42 Å². The van der Waals surface area contributed by atoms with Crippen LogP contribution in [0.4, 0.5) is 5.95 Å². The molecule has 6 nitrogen and oxygen atoms in total. The van der Waals surface area contributed by atoms with Crippen LogP contribution in [0.25, 0.3) is 0 Å². The van der Waals surface area contributed by atoms with Gasteiger partial charge in [-0.2, -0.15) is 4.98 Å². The maximum Gasteiger partial charge on any atom is 0.226 e. The van der Waals surface area contributed by atoms with Crippen molar-refractivity contribution in [2.75, 3.05) is 32.8 Å². The summed E-state index contributed by atoms with van der Waals surface area (Å²) in [6, 6.07) is 1.88. The Morgan fingerprint density at radius 3 is 3.12 bits per heavy atom. The van der Waals surface area contributed by atoms with Crippen LogP contribution < -0.4 is 10.1 Å². The summed E-state index contributed by atoms with van der Waals surface area (Å²) in [4.78, 5) is 8.36. The monoisotopic (exact) mass is 239 g/mol. The van der Waals surface area contributed by atoms with E-state index in [2.05, 4.69) is 15.3 Å². The fourth-order valence-corrected chi connectivity index (χ4v) is 1.80. The highest BCUT2D eigenvalue weighted by Crippen LogP contribution is 2.16. The minimum atomic E-state index is 0.0264. The van der Waals surface area contributed by atoms with E-state index in [4.69, 9.17) is 14.2 Å². The van der Waals surface area contributed by atoms with E-state index in [1.54, 1.807) is 26.5 Å². The van der Waals surface area contributed by atoms with E-state index >= 15 is 0 Å². The third-order valence-corrected chi connectivity index (χ3v) is 2.76. The maximum absolute atomic E-state index is 5.36. The van der Waals surface area contributed by atoms with E-state index < -0.39 is 0 Å². The zero-order valence-corrected chi connectivity index (χ0v) is 10.0. The number of rotatable bonds is 4. The Balaban J connectivity index is 2.02. The van der Waals surface area contributed by atoms with Crippen molar-refractivity contribution >= 4 is 5.95 Å². The molecule has 0 aliphatic carbocycles. The third-order valence-electron chi connectivity index (χ3n) is 2.76. The maximum atomic E-state index is 5.36. The van der Waals surface area contributed by atoms with Crippen LogP contribution in [0.5, 0.6) is 5.88 Å². The molecule has 0 amide bonds. The van der Waals surface area contributed by atoms with Gasteiger partial charge in [0.05, 0.1) is 19.8 Å². The molecule has 17 heavy (non-hydrogen) atoms. The Morgan fingerprint density at radius 2 is 2.35 bits per heavy atom. The van der Waals surface area contributed by atoms with Crippen LogP contribution in [0.2, 0.25) is 0 Å². The first kappa shape index (κ1) is 12.1. The minimum Gasteiger partial charge on any atom is -0.481 e. The van der Waals surface area contributed by atoms with Gasteiger partial charge in [-0.15, -0.1) is 0 Å². The third kappa shape index (κ3) is 3.04. The Bertz CT molecular complexity index is 362. The molecule has 0 radical (unpaired) electrons. The van der Waals surface area contributed by atoms with E-state index in [9.17, 15) is 0 Å². The van der Waals surface area contributed by atoms with E-state index in [-0.39, 0.29) is 12.1 Å². The molecule has 94 valence electrons. The smallest absolute Gasteiger partial charge is 0.226 e. The van der Waals surface area contributed by atoms with Gasteiger partial charge in [0.2, 0.25) is 11.8 Å². The zero-order chi connectivity index (χ0) is 12.1. The lowest BCUT2D eigenvalue weighted by molar-refractivity contribution is -0.0367. The number of ether oxygens (including phenoxy) is 3. The first-order valence-electron chi connectivity index (χ1n) is 5.57. The van der Waals surface area contributed by atoms with Crippen molar-refractivity contribution in [1.29, 1.82) is 0 Å². The summed E-state index contributed by atoms with van der Waals surface area (Å²) >= 11 is 0. The lowest BCUT2D eigenvalue weighted by Crippen LogP contribution is -2.43. The molecule has 2 atom stereocenters. The largest absolute Gasteiger partial charge is 0.481 e. The van der Waals surface area contributed by atoms with Crippen LogP contribution >= 0.6 is 0 Å². The summed E-state index contributed by atoms with van der Waals surface area (Å²) in [5.41, 5.74) is 0. The Hall–Kier alpha value is -1.40. The molecule has 1 N–H and O–H groups in total. The summed E-state index contributed by atoms with van der Waals surface area (Å²) in [5, 5.41) is 3.25. The van der Waals surface area contributed by atoms with Crippen molar-refractivity contribution in [3.8, 4) is 5.88 Å². The fraction of sp³-hybridized carbons (Fsp3) is 0.636. The van der Waals surface area contributed by atoms with Crippen LogP contribution in [-0.2, 0) is 9.47 Å². The molecule has 1 fully saturated rings. The molecule has 6 heteroatoms. The van der Waals surface area contributed by atoms with Crippen LogP contribution in [0.15, 0.2) is 12.3 Å². The zero-order valence-electron chi connectivity index (χ0n) is 10.0. The summed E-state index contributed by atoms with van der Waals surface area (Å²) in [5.74, 6) is 1.10. The van der Waals surface area contributed by atoms with E-state index in [1.165, 1.54) is 0 Å². The predicted octanol–water partition coefficient (Wildman–Crippen LogP) is 0.701. The molecule has 1 saturated heterocycles. The normalized spacial score (nSPS) is 24.4. The Morgan fingerprint density at radius 1 is 1.47 bits per heavy atom. The topological polar surface area (TPSA) is 65.5 Å². The number of nitrogens with one attached hydrogen (secondary N) is 1. The van der Waals surface area contributed by atoms with Gasteiger partial charge >= 0.3 is 0 Å².